The first-order chi connectivity index (χ1) is 17.1. The van der Waals surface area contributed by atoms with Crippen LogP contribution >= 0.6 is 0 Å². The van der Waals surface area contributed by atoms with E-state index in [0.717, 1.165) is 35.7 Å². The number of rotatable bonds is 8. The van der Waals surface area contributed by atoms with Gasteiger partial charge < -0.3 is 26.5 Å². The number of fused-ring (bicyclic) bond motifs is 1. The molecule has 0 saturated heterocycles. The van der Waals surface area contributed by atoms with Gasteiger partial charge in [0.05, 0.1) is 10.5 Å². The summed E-state index contributed by atoms with van der Waals surface area (Å²) in [6.07, 6.45) is 6.08. The number of nitro benzene ring substituents is 1. The van der Waals surface area contributed by atoms with Crippen molar-refractivity contribution in [2.45, 2.75) is 62.5 Å². The number of hydrogen-bond donors (Lipinski definition) is 5. The van der Waals surface area contributed by atoms with Gasteiger partial charge in [-0.25, -0.2) is 4.79 Å². The summed E-state index contributed by atoms with van der Waals surface area (Å²) in [7, 11) is 0. The minimum Gasteiger partial charge on any atom is -0.390 e. The van der Waals surface area contributed by atoms with E-state index in [4.69, 9.17) is 5.73 Å². The lowest BCUT2D eigenvalue weighted by molar-refractivity contribution is -0.384. The normalized spacial score (nSPS) is 17.6. The summed E-state index contributed by atoms with van der Waals surface area (Å²) in [6, 6.07) is 12.3. The van der Waals surface area contributed by atoms with E-state index in [0.29, 0.717) is 18.5 Å². The lowest BCUT2D eigenvalue weighted by Gasteiger charge is -2.42. The molecule has 2 atom stereocenters. The van der Waals surface area contributed by atoms with Gasteiger partial charge in [0.2, 0.25) is 5.91 Å². The Bertz CT molecular complexity index is 1270. The average molecular weight is 494 g/mol. The molecule has 1 aliphatic rings. The van der Waals surface area contributed by atoms with Crippen molar-refractivity contribution in [3.05, 3.63) is 70.4 Å². The Kier molecular flexibility index (Phi) is 6.98. The van der Waals surface area contributed by atoms with Crippen LogP contribution in [0.4, 0.5) is 16.2 Å². The summed E-state index contributed by atoms with van der Waals surface area (Å²) in [5, 5.41) is 28.6. The van der Waals surface area contributed by atoms with Crippen molar-refractivity contribution in [3.8, 4) is 0 Å². The zero-order valence-electron chi connectivity index (χ0n) is 20.1. The number of hydrogen-bond acceptors (Lipinski definition) is 5. The molecule has 2 aromatic carbocycles. The molecule has 10 nitrogen and oxygen atoms in total. The third-order valence-electron chi connectivity index (χ3n) is 7.28. The van der Waals surface area contributed by atoms with Crippen molar-refractivity contribution in [1.29, 1.82) is 0 Å². The van der Waals surface area contributed by atoms with E-state index in [9.17, 15) is 24.8 Å². The largest absolute Gasteiger partial charge is 0.390 e. The summed E-state index contributed by atoms with van der Waals surface area (Å²) in [5.74, 6) is -1.37. The topological polar surface area (TPSA) is 163 Å². The number of aliphatic hydroxyl groups is 1. The van der Waals surface area contributed by atoms with Crippen LogP contribution in [-0.2, 0) is 4.79 Å². The molecule has 0 bridgehead atoms. The Morgan fingerprint density at radius 2 is 1.83 bits per heavy atom. The predicted octanol–water partition coefficient (Wildman–Crippen LogP) is 4.31. The van der Waals surface area contributed by atoms with Gasteiger partial charge in [0.1, 0.15) is 5.54 Å². The number of nitrogens with zero attached hydrogens (tertiary/aromatic N) is 1. The minimum absolute atomic E-state index is 0.108. The van der Waals surface area contributed by atoms with E-state index in [1.54, 1.807) is 13.1 Å². The summed E-state index contributed by atoms with van der Waals surface area (Å²) >= 11 is 0. The molecule has 2 unspecified atom stereocenters. The Hall–Kier alpha value is -3.92. The van der Waals surface area contributed by atoms with Crippen LogP contribution in [0.25, 0.3) is 10.9 Å². The highest BCUT2D eigenvalue weighted by atomic mass is 16.6. The fraction of sp³-hybridized carbons (Fsp3) is 0.385. The quantitative estimate of drug-likeness (QED) is 0.233. The van der Waals surface area contributed by atoms with Crippen LogP contribution in [0.1, 0.15) is 56.9 Å². The molecular weight excluding hydrogens is 462 g/mol. The second kappa shape index (κ2) is 9.98. The lowest BCUT2D eigenvalue weighted by atomic mass is 9.70. The summed E-state index contributed by atoms with van der Waals surface area (Å²) in [4.78, 5) is 39.6. The number of urea groups is 1. The number of aromatic amines is 1. The molecule has 1 saturated carbocycles. The van der Waals surface area contributed by atoms with Crippen molar-refractivity contribution >= 4 is 34.2 Å². The monoisotopic (exact) mass is 493 g/mol. The van der Waals surface area contributed by atoms with Crippen molar-refractivity contribution < 1.29 is 19.6 Å². The number of amides is 3. The van der Waals surface area contributed by atoms with Gasteiger partial charge in [-0.3, -0.25) is 14.9 Å². The van der Waals surface area contributed by atoms with Gasteiger partial charge in [-0.05, 0) is 49.9 Å². The van der Waals surface area contributed by atoms with Gasteiger partial charge in [-0.15, -0.1) is 0 Å². The van der Waals surface area contributed by atoms with Crippen LogP contribution in [0, 0.1) is 10.1 Å². The zero-order chi connectivity index (χ0) is 25.9. The fourth-order valence-electron chi connectivity index (χ4n) is 5.19. The highest BCUT2D eigenvalue weighted by Crippen LogP contribution is 2.43. The SMILES string of the molecule is CC(NC(=O)Nc1ccc([N+](=O)[O-])cc1)(C(N)=O)C(CC1(O)CCCCC1)c1c[nH]c2ccccc12. The molecule has 1 aromatic heterocycles. The summed E-state index contributed by atoms with van der Waals surface area (Å²) < 4.78 is 0. The molecule has 190 valence electrons. The molecule has 0 spiro atoms. The van der Waals surface area contributed by atoms with E-state index in [1.165, 1.54) is 24.3 Å². The van der Waals surface area contributed by atoms with Gasteiger partial charge >= 0.3 is 6.03 Å². The predicted molar refractivity (Wildman–Crippen MR) is 137 cm³/mol. The van der Waals surface area contributed by atoms with Crippen LogP contribution in [0.3, 0.4) is 0 Å². The second-order valence-corrected chi connectivity index (χ2v) is 9.78. The molecule has 3 amide bonds. The van der Waals surface area contributed by atoms with Crippen molar-refractivity contribution in [2.24, 2.45) is 5.73 Å². The smallest absolute Gasteiger partial charge is 0.320 e. The summed E-state index contributed by atoms with van der Waals surface area (Å²) in [6.45, 7) is 1.57. The molecule has 0 aliphatic heterocycles. The zero-order valence-corrected chi connectivity index (χ0v) is 20.1. The molecule has 36 heavy (non-hydrogen) atoms. The minimum atomic E-state index is -1.55. The van der Waals surface area contributed by atoms with Gasteiger partial charge in [0.25, 0.3) is 5.69 Å². The van der Waals surface area contributed by atoms with E-state index in [1.807, 2.05) is 24.3 Å². The van der Waals surface area contributed by atoms with Crippen LogP contribution in [0.5, 0.6) is 0 Å². The van der Waals surface area contributed by atoms with Crippen LogP contribution in [0.2, 0.25) is 0 Å². The van der Waals surface area contributed by atoms with Gasteiger partial charge in [0.15, 0.2) is 0 Å². The van der Waals surface area contributed by atoms with Crippen LogP contribution in [-0.4, -0.2) is 38.1 Å². The first-order valence-corrected chi connectivity index (χ1v) is 12.0. The number of nitrogens with two attached hydrogens (primary N) is 1. The molecule has 1 fully saturated rings. The molecule has 10 heteroatoms. The first kappa shape index (κ1) is 25.2. The number of nitro groups is 1. The Balaban J connectivity index is 1.67. The molecular formula is C26H31N5O5. The maximum Gasteiger partial charge on any atom is 0.320 e. The number of carbonyl (C=O) groups is 2. The van der Waals surface area contributed by atoms with Crippen molar-refractivity contribution in [2.75, 3.05) is 5.32 Å². The Labute approximate surface area is 208 Å². The third kappa shape index (κ3) is 5.18. The Morgan fingerprint density at radius 3 is 2.47 bits per heavy atom. The highest BCUT2D eigenvalue weighted by molar-refractivity contribution is 5.96. The maximum atomic E-state index is 13.0. The number of nitrogens with one attached hydrogen (secondary N) is 3. The van der Waals surface area contributed by atoms with E-state index in [-0.39, 0.29) is 12.1 Å². The lowest BCUT2D eigenvalue weighted by Crippen LogP contribution is -2.61. The van der Waals surface area contributed by atoms with E-state index in [2.05, 4.69) is 15.6 Å². The number of carbonyl (C=O) groups excluding carboxylic acids is 2. The van der Waals surface area contributed by atoms with Crippen molar-refractivity contribution in [1.82, 2.24) is 10.3 Å². The number of anilines is 1. The molecule has 1 aliphatic carbocycles. The summed E-state index contributed by atoms with van der Waals surface area (Å²) in [5.41, 5.74) is 5.23. The first-order valence-electron chi connectivity index (χ1n) is 12.0. The number of para-hydroxylation sites is 1. The standard InChI is InChI=1S/C26H31N5O5/c1-25(23(27)32,30-24(33)29-17-9-11-18(12-10-17)31(35)36)21(15-26(34)13-5-2-6-14-26)20-16-28-22-8-4-3-7-19(20)22/h3-4,7-12,16,21,28,34H,2,5-6,13-15H2,1H3,(H2,27,32)(H2,29,30,33). The van der Waals surface area contributed by atoms with Gasteiger partial charge in [0, 0.05) is 40.8 Å². The highest BCUT2D eigenvalue weighted by Gasteiger charge is 2.47. The van der Waals surface area contributed by atoms with Crippen LogP contribution in [0.15, 0.2) is 54.7 Å². The van der Waals surface area contributed by atoms with Crippen molar-refractivity contribution in [3.63, 3.8) is 0 Å². The molecule has 4 rings (SSSR count). The number of benzene rings is 2. The maximum absolute atomic E-state index is 13.0. The van der Waals surface area contributed by atoms with Gasteiger partial charge in [-0.1, -0.05) is 37.5 Å². The molecule has 3 aromatic rings. The average Bonchev–Trinajstić information content (AvgIpc) is 3.27. The fourth-order valence-corrected chi connectivity index (χ4v) is 5.19. The molecule has 6 N–H and O–H groups in total. The molecule has 1 heterocycles. The second-order valence-electron chi connectivity index (χ2n) is 9.78. The van der Waals surface area contributed by atoms with Crippen LogP contribution < -0.4 is 16.4 Å². The van der Waals surface area contributed by atoms with Gasteiger partial charge in [-0.2, -0.15) is 0 Å². The number of H-pyrrole nitrogens is 1. The number of non-ortho nitro benzene ring substituents is 1. The number of primary amides is 1. The molecule has 0 radical (unpaired) electrons. The van der Waals surface area contributed by atoms with E-state index < -0.39 is 33.9 Å². The third-order valence-corrected chi connectivity index (χ3v) is 7.28. The Morgan fingerprint density at radius 1 is 1.17 bits per heavy atom. The van der Waals surface area contributed by atoms with E-state index >= 15 is 0 Å². The number of aromatic nitrogens is 1.